The number of methoxy groups -OCH3 is 1. The van der Waals surface area contributed by atoms with E-state index in [1.165, 1.54) is 35.8 Å². The van der Waals surface area contributed by atoms with E-state index < -0.39 is 29.0 Å². The van der Waals surface area contributed by atoms with Gasteiger partial charge in [-0.2, -0.15) is 5.26 Å². The average molecular weight is 515 g/mol. The fourth-order valence-corrected chi connectivity index (χ4v) is 5.61. The molecule has 35 heavy (non-hydrogen) atoms. The third-order valence-electron chi connectivity index (χ3n) is 5.51. The zero-order valence-electron chi connectivity index (χ0n) is 18.1. The van der Waals surface area contributed by atoms with Crippen LogP contribution >= 0.6 is 11.3 Å². The molecule has 0 unspecified atom stereocenters. The lowest BCUT2D eigenvalue weighted by Gasteiger charge is -2.41. The summed E-state index contributed by atoms with van der Waals surface area (Å²) in [4.78, 5) is 5.89. The summed E-state index contributed by atoms with van der Waals surface area (Å²) in [6, 6.07) is 11.4. The standard InChI is InChI=1S/C22H16F2N6O3S2/c1-33-19-8-18(30-10-22(23,24)11-30)14(9-25)7-17(19)20-16-3-2-15(6-13(16)4-5-26-20)35(31,32)29-21-28-27-12-34-21/h2-8,12H,10-11H2,1H3,(H,28,29). The first-order chi connectivity index (χ1) is 16.7. The maximum Gasteiger partial charge on any atom is 0.282 e. The van der Waals surface area contributed by atoms with Crippen molar-refractivity contribution in [3.05, 3.63) is 53.7 Å². The van der Waals surface area contributed by atoms with Crippen molar-refractivity contribution >= 4 is 43.0 Å². The average Bonchev–Trinajstić information content (AvgIpc) is 3.33. The van der Waals surface area contributed by atoms with Gasteiger partial charge in [0.1, 0.15) is 17.3 Å². The first-order valence-electron chi connectivity index (χ1n) is 10.1. The third kappa shape index (κ3) is 4.22. The molecule has 0 bridgehead atoms. The molecule has 3 heterocycles. The highest BCUT2D eigenvalue weighted by atomic mass is 32.2. The number of nitriles is 1. The molecule has 5 rings (SSSR count). The van der Waals surface area contributed by atoms with Crippen LogP contribution < -0.4 is 14.4 Å². The summed E-state index contributed by atoms with van der Waals surface area (Å²) in [6.45, 7) is -0.946. The lowest BCUT2D eigenvalue weighted by atomic mass is 9.98. The predicted molar refractivity (Wildman–Crippen MR) is 126 cm³/mol. The molecule has 0 spiro atoms. The van der Waals surface area contributed by atoms with Crippen LogP contribution in [0.5, 0.6) is 5.75 Å². The van der Waals surface area contributed by atoms with Gasteiger partial charge in [0.25, 0.3) is 15.9 Å². The molecular formula is C22H16F2N6O3S2. The molecular weight excluding hydrogens is 498 g/mol. The summed E-state index contributed by atoms with van der Waals surface area (Å²) in [5.41, 5.74) is 2.91. The molecule has 0 saturated carbocycles. The van der Waals surface area contributed by atoms with E-state index in [1.54, 1.807) is 24.3 Å². The molecule has 1 aliphatic rings. The Hall–Kier alpha value is -3.89. The van der Waals surface area contributed by atoms with Gasteiger partial charge in [-0.3, -0.25) is 9.71 Å². The fourth-order valence-electron chi connectivity index (χ4n) is 3.89. The molecule has 2 aromatic carbocycles. The number of aromatic nitrogens is 3. The molecule has 1 aliphatic heterocycles. The molecule has 1 N–H and O–H groups in total. The van der Waals surface area contributed by atoms with Gasteiger partial charge in [0, 0.05) is 23.2 Å². The molecule has 0 aliphatic carbocycles. The number of sulfonamides is 1. The van der Waals surface area contributed by atoms with Crippen molar-refractivity contribution in [1.82, 2.24) is 15.2 Å². The SMILES string of the molecule is COc1cc(N2CC(F)(F)C2)c(C#N)cc1-c1nccc2cc(S(=O)(=O)Nc3nncs3)ccc12. The summed E-state index contributed by atoms with van der Waals surface area (Å²) in [5.74, 6) is -2.44. The number of anilines is 2. The van der Waals surface area contributed by atoms with Crippen molar-refractivity contribution in [3.8, 4) is 23.1 Å². The van der Waals surface area contributed by atoms with Gasteiger partial charge in [-0.05, 0) is 29.7 Å². The van der Waals surface area contributed by atoms with Crippen molar-refractivity contribution in [2.75, 3.05) is 29.8 Å². The second-order valence-corrected chi connectivity index (χ2v) is 10.3. The molecule has 9 nitrogen and oxygen atoms in total. The van der Waals surface area contributed by atoms with E-state index in [0.29, 0.717) is 33.5 Å². The van der Waals surface area contributed by atoms with E-state index in [0.717, 1.165) is 11.3 Å². The maximum atomic E-state index is 13.4. The van der Waals surface area contributed by atoms with E-state index >= 15 is 0 Å². The minimum absolute atomic E-state index is 0.0242. The predicted octanol–water partition coefficient (Wildman–Crippen LogP) is 3.89. The molecule has 0 atom stereocenters. The highest BCUT2D eigenvalue weighted by Gasteiger charge is 2.44. The number of hydrogen-bond acceptors (Lipinski definition) is 9. The van der Waals surface area contributed by atoms with Crippen LogP contribution in [0.4, 0.5) is 19.6 Å². The van der Waals surface area contributed by atoms with E-state index in [2.05, 4.69) is 26.0 Å². The van der Waals surface area contributed by atoms with Crippen LogP contribution in [-0.4, -0.2) is 49.7 Å². The Morgan fingerprint density at radius 1 is 1.23 bits per heavy atom. The number of nitrogens with zero attached hydrogens (tertiary/aromatic N) is 5. The van der Waals surface area contributed by atoms with Crippen molar-refractivity contribution in [2.24, 2.45) is 0 Å². The van der Waals surface area contributed by atoms with Gasteiger partial charge >= 0.3 is 0 Å². The molecule has 13 heteroatoms. The number of benzene rings is 2. The number of rotatable bonds is 6. The lowest BCUT2D eigenvalue weighted by molar-refractivity contribution is -0.0263. The highest BCUT2D eigenvalue weighted by molar-refractivity contribution is 7.93. The number of hydrogen-bond donors (Lipinski definition) is 1. The minimum atomic E-state index is -3.89. The Morgan fingerprint density at radius 2 is 2.03 bits per heavy atom. The van der Waals surface area contributed by atoms with E-state index in [9.17, 15) is 22.5 Å². The van der Waals surface area contributed by atoms with E-state index in [1.807, 2.05) is 0 Å². The first-order valence-corrected chi connectivity index (χ1v) is 12.5. The number of ether oxygens (including phenoxy) is 1. The van der Waals surface area contributed by atoms with Crippen molar-refractivity contribution < 1.29 is 21.9 Å². The monoisotopic (exact) mass is 514 g/mol. The van der Waals surface area contributed by atoms with Crippen molar-refractivity contribution in [1.29, 1.82) is 5.26 Å². The number of nitrogens with one attached hydrogen (secondary N) is 1. The summed E-state index contributed by atoms with van der Waals surface area (Å²) in [7, 11) is -2.46. The fraction of sp³-hybridized carbons (Fsp3) is 0.182. The largest absolute Gasteiger partial charge is 0.496 e. The van der Waals surface area contributed by atoms with Crippen LogP contribution in [0.1, 0.15) is 5.56 Å². The van der Waals surface area contributed by atoms with Crippen LogP contribution in [0.3, 0.4) is 0 Å². The second kappa shape index (κ2) is 8.40. The first kappa shape index (κ1) is 22.9. The Labute approximate surface area is 202 Å². The Balaban J connectivity index is 1.58. The van der Waals surface area contributed by atoms with Crippen LogP contribution in [0.25, 0.3) is 22.0 Å². The Morgan fingerprint density at radius 3 is 2.69 bits per heavy atom. The third-order valence-corrected chi connectivity index (χ3v) is 7.58. The summed E-state index contributed by atoms with van der Waals surface area (Å²) in [5, 5.41) is 18.4. The topological polar surface area (TPSA) is 121 Å². The zero-order chi connectivity index (χ0) is 24.8. The minimum Gasteiger partial charge on any atom is -0.496 e. The number of fused-ring (bicyclic) bond motifs is 1. The summed E-state index contributed by atoms with van der Waals surface area (Å²) in [6.07, 6.45) is 1.52. The van der Waals surface area contributed by atoms with Crippen LogP contribution in [0.2, 0.25) is 0 Å². The molecule has 1 fully saturated rings. The second-order valence-electron chi connectivity index (χ2n) is 7.79. The molecule has 178 valence electrons. The lowest BCUT2D eigenvalue weighted by Crippen LogP contribution is -2.56. The molecule has 4 aromatic rings. The van der Waals surface area contributed by atoms with Crippen molar-refractivity contribution in [3.63, 3.8) is 0 Å². The highest BCUT2D eigenvalue weighted by Crippen LogP contribution is 2.41. The van der Waals surface area contributed by atoms with Crippen LogP contribution in [0.15, 0.2) is 53.0 Å². The number of halogens is 2. The normalized spacial score (nSPS) is 14.9. The number of pyridine rings is 1. The smallest absolute Gasteiger partial charge is 0.282 e. The molecule has 1 saturated heterocycles. The van der Waals surface area contributed by atoms with E-state index in [4.69, 9.17) is 4.74 Å². The van der Waals surface area contributed by atoms with Gasteiger partial charge < -0.3 is 9.64 Å². The van der Waals surface area contributed by atoms with Crippen molar-refractivity contribution in [2.45, 2.75) is 10.8 Å². The van der Waals surface area contributed by atoms with Gasteiger partial charge in [0.2, 0.25) is 5.13 Å². The molecule has 0 radical (unpaired) electrons. The molecule has 2 aromatic heterocycles. The van der Waals surface area contributed by atoms with Gasteiger partial charge in [0.05, 0.1) is 42.0 Å². The summed E-state index contributed by atoms with van der Waals surface area (Å²) >= 11 is 1.06. The van der Waals surface area contributed by atoms with Crippen LogP contribution in [-0.2, 0) is 10.0 Å². The quantitative estimate of drug-likeness (QED) is 0.411. The maximum absolute atomic E-state index is 13.4. The Bertz CT molecular complexity index is 1580. The summed E-state index contributed by atoms with van der Waals surface area (Å²) < 4.78 is 60.2. The zero-order valence-corrected chi connectivity index (χ0v) is 19.7. The van der Waals surface area contributed by atoms with Gasteiger partial charge in [0.15, 0.2) is 0 Å². The Kier molecular flexibility index (Phi) is 5.49. The van der Waals surface area contributed by atoms with Crippen LogP contribution in [0, 0.1) is 11.3 Å². The number of alkyl halides is 2. The van der Waals surface area contributed by atoms with Gasteiger partial charge in [-0.15, -0.1) is 10.2 Å². The molecule has 0 amide bonds. The van der Waals surface area contributed by atoms with Gasteiger partial charge in [-0.25, -0.2) is 17.2 Å². The van der Waals surface area contributed by atoms with Gasteiger partial charge in [-0.1, -0.05) is 17.4 Å². The van der Waals surface area contributed by atoms with E-state index in [-0.39, 0.29) is 15.6 Å².